The molecule has 0 radical (unpaired) electrons. The Balaban J connectivity index is 1.58. The Morgan fingerprint density at radius 3 is 2.30 bits per heavy atom. The van der Waals surface area contributed by atoms with Crippen molar-refractivity contribution < 1.29 is 13.1 Å². The molecular weight excluding hydrogens is 459 g/mol. The van der Waals surface area contributed by atoms with Crippen molar-refractivity contribution in [1.29, 1.82) is 0 Å². The maximum Gasteiger partial charge on any atom is 0.738 e. The molecule has 30 heavy (non-hydrogen) atoms. The molecule has 10 heteroatoms. The number of halogens is 2. The number of hydrogen-bond donors (Lipinski definition) is 0. The van der Waals surface area contributed by atoms with E-state index in [1.54, 1.807) is 63.5 Å². The second-order valence-electron chi connectivity index (χ2n) is 7.10. The molecular formula is C20H10BF2N3S4. The zero-order chi connectivity index (χ0) is 20.0. The van der Waals surface area contributed by atoms with Crippen LogP contribution in [0, 0.1) is 0 Å². The van der Waals surface area contributed by atoms with Gasteiger partial charge in [0.15, 0.2) is 11.5 Å². The molecule has 7 heterocycles. The molecule has 0 atom stereocenters. The van der Waals surface area contributed by atoms with Crippen molar-refractivity contribution >= 4 is 71.1 Å². The monoisotopic (exact) mass is 469 g/mol. The summed E-state index contributed by atoms with van der Waals surface area (Å²) in [5.74, 6) is 0.333. The second kappa shape index (κ2) is 5.85. The smallest absolute Gasteiger partial charge is 0.389 e. The minimum absolute atomic E-state index is 0.333. The van der Waals surface area contributed by atoms with Crippen LogP contribution < -0.4 is 4.48 Å². The normalized spacial score (nSPS) is 14.6. The van der Waals surface area contributed by atoms with E-state index < -0.39 is 6.97 Å². The van der Waals surface area contributed by atoms with Crippen molar-refractivity contribution in [2.45, 2.75) is 0 Å². The number of nitrogens with zero attached hydrogens (tertiary/aromatic N) is 3. The molecule has 0 saturated carbocycles. The highest BCUT2D eigenvalue weighted by Crippen LogP contribution is 2.47. The summed E-state index contributed by atoms with van der Waals surface area (Å²) in [5, 5.41) is 4.08. The fourth-order valence-corrected chi connectivity index (χ4v) is 8.38. The van der Waals surface area contributed by atoms with Gasteiger partial charge in [0, 0.05) is 24.9 Å². The fourth-order valence-electron chi connectivity index (χ4n) is 4.13. The van der Waals surface area contributed by atoms with Crippen molar-refractivity contribution in [2.75, 3.05) is 0 Å². The van der Waals surface area contributed by atoms with E-state index >= 15 is 8.63 Å². The van der Waals surface area contributed by atoms with Crippen LogP contribution in [0.4, 0.5) is 8.63 Å². The van der Waals surface area contributed by atoms with Crippen LogP contribution in [0.2, 0.25) is 0 Å². The lowest BCUT2D eigenvalue weighted by Crippen LogP contribution is -2.60. The van der Waals surface area contributed by atoms with Crippen LogP contribution in [0.1, 0.15) is 0 Å². The third kappa shape index (κ3) is 2.17. The number of fused-ring (bicyclic) bond motifs is 5. The summed E-state index contributed by atoms with van der Waals surface area (Å²) in [6.07, 6.45) is 1.45. The average molecular weight is 469 g/mol. The van der Waals surface area contributed by atoms with Crippen LogP contribution >= 0.6 is 45.3 Å². The molecule has 0 bridgehead atoms. The van der Waals surface area contributed by atoms with Crippen molar-refractivity contribution in [1.82, 2.24) is 9.46 Å². The first-order valence-electron chi connectivity index (χ1n) is 9.21. The molecule has 0 saturated heterocycles. The molecule has 6 aromatic heterocycles. The second-order valence-corrected chi connectivity index (χ2v) is 11.2. The van der Waals surface area contributed by atoms with E-state index in [1.807, 2.05) is 17.5 Å². The molecule has 1 aliphatic rings. The van der Waals surface area contributed by atoms with Gasteiger partial charge in [0.2, 0.25) is 0 Å². The molecule has 3 nitrogen and oxygen atoms in total. The van der Waals surface area contributed by atoms with E-state index in [-0.39, 0.29) is 0 Å². The van der Waals surface area contributed by atoms with Crippen LogP contribution in [0.5, 0.6) is 0 Å². The van der Waals surface area contributed by atoms with Crippen molar-refractivity contribution in [3.63, 3.8) is 0 Å². The van der Waals surface area contributed by atoms with Crippen LogP contribution in [0.25, 0.3) is 51.5 Å². The zero-order valence-corrected chi connectivity index (χ0v) is 18.3. The molecule has 146 valence electrons. The van der Waals surface area contributed by atoms with Gasteiger partial charge in [0.1, 0.15) is 11.9 Å². The summed E-state index contributed by atoms with van der Waals surface area (Å²) in [7, 11) is 0. The minimum atomic E-state index is -4.02. The van der Waals surface area contributed by atoms with Crippen molar-refractivity contribution in [3.05, 3.63) is 59.4 Å². The highest BCUT2D eigenvalue weighted by Gasteiger charge is 2.54. The molecule has 0 N–H and O–H groups in total. The van der Waals surface area contributed by atoms with E-state index in [0.717, 1.165) is 33.0 Å². The number of hydrogen-bond acceptors (Lipinski definition) is 5. The average Bonchev–Trinajstić information content (AvgIpc) is 3.51. The van der Waals surface area contributed by atoms with Gasteiger partial charge in [-0.1, -0.05) is 0 Å². The maximum atomic E-state index is 15.7. The Kier molecular flexibility index (Phi) is 3.37. The number of thiophene rings is 4. The lowest BCUT2D eigenvalue weighted by atomic mass is 9.97. The Bertz CT molecular complexity index is 1550. The number of rotatable bonds is 2. The minimum Gasteiger partial charge on any atom is -0.389 e. The molecule has 6 aromatic rings. The van der Waals surface area contributed by atoms with Gasteiger partial charge in [0.25, 0.3) is 0 Å². The van der Waals surface area contributed by atoms with Gasteiger partial charge >= 0.3 is 6.97 Å². The Morgan fingerprint density at radius 2 is 1.57 bits per heavy atom. The number of pyridine rings is 1. The Labute approximate surface area is 185 Å². The van der Waals surface area contributed by atoms with Crippen LogP contribution in [-0.4, -0.2) is 16.4 Å². The maximum absolute atomic E-state index is 15.7. The SMILES string of the molecule is F[B-]1(F)n2c(nc(-c3cc4sccc4s3)c2-c2cc3sccc3s2)-c2cccc[n+]21. The first-order valence-corrected chi connectivity index (χ1v) is 12.6. The number of aromatic nitrogens is 3. The summed E-state index contributed by atoms with van der Waals surface area (Å²) < 4.78 is 38.2. The van der Waals surface area contributed by atoms with Crippen molar-refractivity contribution in [3.8, 4) is 32.7 Å². The molecule has 1 aliphatic heterocycles. The van der Waals surface area contributed by atoms with E-state index in [9.17, 15) is 0 Å². The largest absolute Gasteiger partial charge is 0.738 e. The third-order valence-electron chi connectivity index (χ3n) is 5.42. The summed E-state index contributed by atoms with van der Waals surface area (Å²) in [5.41, 5.74) is 1.61. The summed E-state index contributed by atoms with van der Waals surface area (Å²) in [4.78, 5) is 6.57. The molecule has 7 rings (SSSR count). The first-order chi connectivity index (χ1) is 14.6. The van der Waals surface area contributed by atoms with Gasteiger partial charge in [0.05, 0.1) is 15.4 Å². The van der Waals surface area contributed by atoms with Gasteiger partial charge in [-0.25, -0.2) is 4.98 Å². The highest BCUT2D eigenvalue weighted by molar-refractivity contribution is 7.29. The Hall–Kier alpha value is -2.40. The predicted octanol–water partition coefficient (Wildman–Crippen LogP) is 6.81. The van der Waals surface area contributed by atoms with Gasteiger partial charge in [-0.05, 0) is 47.2 Å². The molecule has 0 spiro atoms. The van der Waals surface area contributed by atoms with E-state index in [2.05, 4.69) is 17.5 Å². The van der Waals surface area contributed by atoms with E-state index in [1.165, 1.54) is 10.7 Å². The summed E-state index contributed by atoms with van der Waals surface area (Å²) in [6.45, 7) is -4.02. The molecule has 0 aromatic carbocycles. The molecule has 0 unspecified atom stereocenters. The predicted molar refractivity (Wildman–Crippen MR) is 124 cm³/mol. The topological polar surface area (TPSA) is 21.7 Å². The van der Waals surface area contributed by atoms with Gasteiger partial charge in [-0.3, -0.25) is 0 Å². The van der Waals surface area contributed by atoms with Crippen LogP contribution in [0.3, 0.4) is 0 Å². The fraction of sp³-hybridized carbons (Fsp3) is 0. The zero-order valence-electron chi connectivity index (χ0n) is 15.1. The lowest BCUT2D eigenvalue weighted by Gasteiger charge is -2.17. The lowest BCUT2D eigenvalue weighted by molar-refractivity contribution is -0.551. The highest BCUT2D eigenvalue weighted by atomic mass is 32.1. The van der Waals surface area contributed by atoms with E-state index in [4.69, 9.17) is 4.98 Å². The quantitative estimate of drug-likeness (QED) is 0.256. The van der Waals surface area contributed by atoms with Crippen molar-refractivity contribution in [2.24, 2.45) is 0 Å². The van der Waals surface area contributed by atoms with Crippen LogP contribution in [-0.2, 0) is 0 Å². The van der Waals surface area contributed by atoms with Gasteiger partial charge in [-0.2, -0.15) is 0 Å². The van der Waals surface area contributed by atoms with Gasteiger partial charge < -0.3 is 17.6 Å². The molecule has 0 aliphatic carbocycles. The van der Waals surface area contributed by atoms with Crippen LogP contribution in [0.15, 0.2) is 59.4 Å². The molecule has 0 fully saturated rings. The van der Waals surface area contributed by atoms with E-state index in [0.29, 0.717) is 22.9 Å². The standard InChI is InChI=1S/C20H10BF2N3S4/c22-21(23)25-6-2-1-3-11(25)20-24-18(16-9-14-12(29-16)4-7-27-14)19(26(20)21)17-10-15-13(30-17)5-8-28-15/h1-10H. The number of imidazole rings is 1. The Morgan fingerprint density at radius 1 is 0.867 bits per heavy atom. The third-order valence-corrected chi connectivity index (χ3v) is 9.62. The van der Waals surface area contributed by atoms with Gasteiger partial charge in [-0.15, -0.1) is 45.3 Å². The summed E-state index contributed by atoms with van der Waals surface area (Å²) >= 11 is 6.45. The first kappa shape index (κ1) is 17.3. The molecule has 0 amide bonds. The summed E-state index contributed by atoms with van der Waals surface area (Å²) in [6, 6.07) is 13.4.